The van der Waals surface area contributed by atoms with Crippen LogP contribution >= 0.6 is 15.9 Å². The summed E-state index contributed by atoms with van der Waals surface area (Å²) < 4.78 is 27.0. The summed E-state index contributed by atoms with van der Waals surface area (Å²) in [5.41, 5.74) is 3.13. The molecule has 0 fully saturated rings. The van der Waals surface area contributed by atoms with Gasteiger partial charge in [-0.05, 0) is 57.0 Å². The first-order chi connectivity index (χ1) is 14.9. The van der Waals surface area contributed by atoms with Crippen molar-refractivity contribution in [3.05, 3.63) is 63.6 Å². The summed E-state index contributed by atoms with van der Waals surface area (Å²) in [5, 5.41) is 2.74. The summed E-state index contributed by atoms with van der Waals surface area (Å²) in [7, 11) is -3.74. The number of nitrogens with zero attached hydrogens (tertiary/aromatic N) is 2. The number of rotatable bonds is 9. The zero-order valence-electron chi connectivity index (χ0n) is 19.1. The van der Waals surface area contributed by atoms with Crippen LogP contribution in [0.2, 0.25) is 0 Å². The third kappa shape index (κ3) is 6.80. The van der Waals surface area contributed by atoms with Crippen molar-refractivity contribution in [2.24, 2.45) is 0 Å². The molecule has 0 heterocycles. The van der Waals surface area contributed by atoms with E-state index in [0.717, 1.165) is 31.7 Å². The number of likely N-dealkylation sites (N-methyl/N-ethyl adjacent to an activating group) is 1. The number of hydrogen-bond acceptors (Lipinski definition) is 4. The van der Waals surface area contributed by atoms with Crippen molar-refractivity contribution in [2.75, 3.05) is 23.7 Å². The normalized spacial score (nSPS) is 12.2. The van der Waals surface area contributed by atoms with Crippen molar-refractivity contribution >= 4 is 43.5 Å². The second-order valence-corrected chi connectivity index (χ2v) is 10.5. The van der Waals surface area contributed by atoms with E-state index in [0.29, 0.717) is 12.2 Å². The van der Waals surface area contributed by atoms with Gasteiger partial charge in [-0.3, -0.25) is 13.9 Å². The molecule has 9 heteroatoms. The Balaban J connectivity index is 2.40. The number of aryl methyl sites for hydroxylation is 2. The van der Waals surface area contributed by atoms with Gasteiger partial charge >= 0.3 is 0 Å². The zero-order chi connectivity index (χ0) is 24.1. The van der Waals surface area contributed by atoms with E-state index in [4.69, 9.17) is 0 Å². The predicted molar refractivity (Wildman–Crippen MR) is 131 cm³/mol. The van der Waals surface area contributed by atoms with Gasteiger partial charge in [0.2, 0.25) is 21.8 Å². The molecular weight excluding hydrogens is 494 g/mol. The molecule has 0 spiro atoms. The van der Waals surface area contributed by atoms with Crippen LogP contribution in [0.15, 0.2) is 46.9 Å². The van der Waals surface area contributed by atoms with Crippen LogP contribution in [0.25, 0.3) is 0 Å². The molecule has 2 aromatic carbocycles. The number of sulfonamides is 1. The topological polar surface area (TPSA) is 86.8 Å². The van der Waals surface area contributed by atoms with Crippen LogP contribution in [0.1, 0.15) is 30.5 Å². The SMILES string of the molecule is CCNC(=O)[C@@H](C)N(Cc1cccc(C)c1)C(=O)CN(c1ccc(Br)c(C)c1)S(C)(=O)=O. The number of carbonyl (C=O) groups is 2. The van der Waals surface area contributed by atoms with Crippen LogP contribution in [0.4, 0.5) is 5.69 Å². The van der Waals surface area contributed by atoms with Gasteiger partial charge in [-0.2, -0.15) is 0 Å². The summed E-state index contributed by atoms with van der Waals surface area (Å²) in [6.07, 6.45) is 1.07. The van der Waals surface area contributed by atoms with E-state index < -0.39 is 28.5 Å². The highest BCUT2D eigenvalue weighted by atomic mass is 79.9. The molecule has 7 nitrogen and oxygen atoms in total. The van der Waals surface area contributed by atoms with Crippen molar-refractivity contribution in [3.8, 4) is 0 Å². The number of hydrogen-bond donors (Lipinski definition) is 1. The summed E-state index contributed by atoms with van der Waals surface area (Å²) in [4.78, 5) is 27.4. The van der Waals surface area contributed by atoms with Gasteiger partial charge in [-0.1, -0.05) is 45.8 Å². The number of anilines is 1. The molecule has 1 N–H and O–H groups in total. The molecule has 0 aliphatic carbocycles. The number of amides is 2. The summed E-state index contributed by atoms with van der Waals surface area (Å²) in [6, 6.07) is 12.0. The van der Waals surface area contributed by atoms with E-state index in [1.807, 2.05) is 38.1 Å². The quantitative estimate of drug-likeness (QED) is 0.545. The van der Waals surface area contributed by atoms with Gasteiger partial charge in [0.1, 0.15) is 12.6 Å². The molecule has 2 amide bonds. The van der Waals surface area contributed by atoms with E-state index in [9.17, 15) is 18.0 Å². The lowest BCUT2D eigenvalue weighted by atomic mass is 10.1. The number of nitrogens with one attached hydrogen (secondary N) is 1. The minimum Gasteiger partial charge on any atom is -0.355 e. The number of benzene rings is 2. The van der Waals surface area contributed by atoms with Gasteiger partial charge < -0.3 is 10.2 Å². The van der Waals surface area contributed by atoms with Crippen LogP contribution in [-0.2, 0) is 26.2 Å². The zero-order valence-corrected chi connectivity index (χ0v) is 21.5. The van der Waals surface area contributed by atoms with Gasteiger partial charge in [0, 0.05) is 17.6 Å². The van der Waals surface area contributed by atoms with Crippen LogP contribution in [0.5, 0.6) is 0 Å². The maximum atomic E-state index is 13.4. The van der Waals surface area contributed by atoms with E-state index in [1.165, 1.54) is 4.90 Å². The summed E-state index contributed by atoms with van der Waals surface area (Å²) in [5.74, 6) is -0.754. The number of halogens is 1. The maximum Gasteiger partial charge on any atom is 0.244 e. The van der Waals surface area contributed by atoms with Gasteiger partial charge in [0.25, 0.3) is 0 Å². The van der Waals surface area contributed by atoms with Crippen LogP contribution in [0.3, 0.4) is 0 Å². The van der Waals surface area contributed by atoms with Gasteiger partial charge in [-0.25, -0.2) is 8.42 Å². The van der Waals surface area contributed by atoms with Gasteiger partial charge in [0.05, 0.1) is 11.9 Å². The van der Waals surface area contributed by atoms with E-state index in [-0.39, 0.29) is 12.5 Å². The molecule has 0 saturated carbocycles. The van der Waals surface area contributed by atoms with Crippen molar-refractivity contribution in [3.63, 3.8) is 0 Å². The Bertz CT molecular complexity index is 1090. The van der Waals surface area contributed by atoms with Gasteiger partial charge in [-0.15, -0.1) is 0 Å². The van der Waals surface area contributed by atoms with E-state index in [1.54, 1.807) is 32.0 Å². The number of carbonyl (C=O) groups excluding carboxylic acids is 2. The Morgan fingerprint density at radius 3 is 2.38 bits per heavy atom. The Morgan fingerprint density at radius 2 is 1.81 bits per heavy atom. The second kappa shape index (κ2) is 11.0. The molecule has 2 aromatic rings. The smallest absolute Gasteiger partial charge is 0.244 e. The molecular formula is C23H30BrN3O4S. The fraction of sp³-hybridized carbons (Fsp3) is 0.391. The molecule has 0 bridgehead atoms. The highest BCUT2D eigenvalue weighted by Gasteiger charge is 2.30. The molecule has 0 aliphatic rings. The first kappa shape index (κ1) is 25.9. The molecule has 1 atom stereocenters. The average molecular weight is 524 g/mol. The largest absolute Gasteiger partial charge is 0.355 e. The van der Waals surface area contributed by atoms with Crippen molar-refractivity contribution in [1.82, 2.24) is 10.2 Å². The highest BCUT2D eigenvalue weighted by Crippen LogP contribution is 2.25. The van der Waals surface area contributed by atoms with Crippen LogP contribution in [-0.4, -0.2) is 50.5 Å². The van der Waals surface area contributed by atoms with E-state index in [2.05, 4.69) is 21.2 Å². The Morgan fingerprint density at radius 1 is 1.12 bits per heavy atom. The average Bonchev–Trinajstić information content (AvgIpc) is 2.71. The third-order valence-corrected chi connectivity index (χ3v) is 7.09. The first-order valence-electron chi connectivity index (χ1n) is 10.3. The molecule has 0 aromatic heterocycles. The first-order valence-corrected chi connectivity index (χ1v) is 12.9. The van der Waals surface area contributed by atoms with Crippen LogP contribution in [0, 0.1) is 13.8 Å². The lowest BCUT2D eigenvalue weighted by Crippen LogP contribution is -2.51. The van der Waals surface area contributed by atoms with Crippen molar-refractivity contribution < 1.29 is 18.0 Å². The van der Waals surface area contributed by atoms with E-state index >= 15 is 0 Å². The van der Waals surface area contributed by atoms with Gasteiger partial charge in [0.15, 0.2) is 0 Å². The lowest BCUT2D eigenvalue weighted by Gasteiger charge is -2.31. The van der Waals surface area contributed by atoms with Crippen LogP contribution < -0.4 is 9.62 Å². The second-order valence-electron chi connectivity index (χ2n) is 7.78. The molecule has 0 aliphatic heterocycles. The molecule has 0 unspecified atom stereocenters. The molecule has 174 valence electrons. The third-order valence-electron chi connectivity index (χ3n) is 5.06. The molecule has 0 radical (unpaired) electrons. The van der Waals surface area contributed by atoms with Crippen molar-refractivity contribution in [1.29, 1.82) is 0 Å². The minimum atomic E-state index is -3.74. The van der Waals surface area contributed by atoms with Crippen molar-refractivity contribution in [2.45, 2.75) is 40.3 Å². The lowest BCUT2D eigenvalue weighted by molar-refractivity contribution is -0.139. The predicted octanol–water partition coefficient (Wildman–Crippen LogP) is 3.39. The fourth-order valence-corrected chi connectivity index (χ4v) is 4.40. The Kier molecular flexibility index (Phi) is 8.86. The summed E-state index contributed by atoms with van der Waals surface area (Å²) in [6.45, 7) is 7.46. The Hall–Kier alpha value is -2.39. The highest BCUT2D eigenvalue weighted by molar-refractivity contribution is 9.10. The minimum absolute atomic E-state index is 0.190. The summed E-state index contributed by atoms with van der Waals surface area (Å²) >= 11 is 3.41. The molecule has 2 rings (SSSR count). The molecule has 32 heavy (non-hydrogen) atoms. The standard InChI is InChI=1S/C23H30BrN3O4S/c1-6-25-23(29)18(4)26(14-19-9-7-8-16(2)12-19)22(28)15-27(32(5,30)31)20-10-11-21(24)17(3)13-20/h7-13,18H,6,14-15H2,1-5H3,(H,25,29)/t18-/m1/s1. The molecule has 0 saturated heterocycles. The monoisotopic (exact) mass is 523 g/mol. The Labute approximate surface area is 199 Å². The fourth-order valence-electron chi connectivity index (χ4n) is 3.31. The maximum absolute atomic E-state index is 13.4.